The van der Waals surface area contributed by atoms with E-state index in [4.69, 9.17) is 11.6 Å². The first-order valence-corrected chi connectivity index (χ1v) is 11.4. The topological polar surface area (TPSA) is 78.5 Å². The third-order valence-corrected chi connectivity index (χ3v) is 6.46. The van der Waals surface area contributed by atoms with Crippen molar-refractivity contribution in [2.75, 3.05) is 26.2 Å². The first-order chi connectivity index (χ1) is 12.8. The predicted molar refractivity (Wildman–Crippen MR) is 108 cm³/mol. The molecule has 6 nitrogen and oxygen atoms in total. The van der Waals surface area contributed by atoms with Gasteiger partial charge in [-0.1, -0.05) is 31.9 Å². The summed E-state index contributed by atoms with van der Waals surface area (Å²) >= 11 is 5.81. The second-order valence-electron chi connectivity index (χ2n) is 7.34. The quantitative estimate of drug-likeness (QED) is 0.608. The Balaban J connectivity index is 1.87. The predicted octanol–water partition coefficient (Wildman–Crippen LogP) is 2.64. The van der Waals surface area contributed by atoms with Crippen LogP contribution in [0.5, 0.6) is 0 Å². The zero-order valence-electron chi connectivity index (χ0n) is 16.1. The molecule has 1 heterocycles. The second kappa shape index (κ2) is 10.4. The third-order valence-electron chi connectivity index (χ3n) is 4.75. The number of carbonyl (C=O) groups excluding carboxylic acids is 1. The molecule has 1 saturated heterocycles. The Morgan fingerprint density at radius 3 is 2.37 bits per heavy atom. The summed E-state index contributed by atoms with van der Waals surface area (Å²) in [5.74, 6) is -0.463. The van der Waals surface area contributed by atoms with E-state index >= 15 is 0 Å². The lowest BCUT2D eigenvalue weighted by Crippen LogP contribution is -2.50. The SMILES string of the molecule is CC(C)C(NS(=O)(=O)c1ccc(Cl)cc1)C(=O)NCCCN1CCCCC1. The van der Waals surface area contributed by atoms with Crippen LogP contribution in [0.4, 0.5) is 0 Å². The molecule has 1 atom stereocenters. The van der Waals surface area contributed by atoms with E-state index in [-0.39, 0.29) is 16.7 Å². The largest absolute Gasteiger partial charge is 0.355 e. The van der Waals surface area contributed by atoms with Crippen molar-refractivity contribution in [3.8, 4) is 0 Å². The van der Waals surface area contributed by atoms with E-state index < -0.39 is 16.1 Å². The molecule has 1 aliphatic heterocycles. The molecular weight excluding hydrogens is 386 g/mol. The van der Waals surface area contributed by atoms with Crippen molar-refractivity contribution in [1.29, 1.82) is 0 Å². The molecule has 0 aliphatic carbocycles. The third kappa shape index (κ3) is 7.07. The number of nitrogens with zero attached hydrogens (tertiary/aromatic N) is 1. The number of piperidine rings is 1. The highest BCUT2D eigenvalue weighted by Crippen LogP contribution is 2.15. The molecule has 0 saturated carbocycles. The number of likely N-dealkylation sites (tertiary alicyclic amines) is 1. The molecule has 0 aromatic heterocycles. The molecule has 0 radical (unpaired) electrons. The Labute approximate surface area is 167 Å². The van der Waals surface area contributed by atoms with Crippen LogP contribution in [0.1, 0.15) is 39.5 Å². The molecule has 1 aliphatic rings. The normalized spacial score (nSPS) is 17.0. The molecule has 8 heteroatoms. The maximum Gasteiger partial charge on any atom is 0.241 e. The minimum Gasteiger partial charge on any atom is -0.355 e. The Bertz CT molecular complexity index is 701. The number of carbonyl (C=O) groups is 1. The number of sulfonamides is 1. The van der Waals surface area contributed by atoms with Crippen molar-refractivity contribution >= 4 is 27.5 Å². The van der Waals surface area contributed by atoms with Gasteiger partial charge in [-0.15, -0.1) is 0 Å². The molecule has 0 spiro atoms. The van der Waals surface area contributed by atoms with Crippen LogP contribution in [0.3, 0.4) is 0 Å². The van der Waals surface area contributed by atoms with E-state index in [1.807, 2.05) is 13.8 Å². The molecule has 1 aromatic rings. The monoisotopic (exact) mass is 415 g/mol. The van der Waals surface area contributed by atoms with Crippen molar-refractivity contribution in [3.05, 3.63) is 29.3 Å². The summed E-state index contributed by atoms with van der Waals surface area (Å²) in [4.78, 5) is 15.0. The molecule has 152 valence electrons. The van der Waals surface area contributed by atoms with Gasteiger partial charge in [0.1, 0.15) is 6.04 Å². The Morgan fingerprint density at radius 2 is 1.78 bits per heavy atom. The summed E-state index contributed by atoms with van der Waals surface area (Å²) in [6.07, 6.45) is 4.65. The van der Waals surface area contributed by atoms with Gasteiger partial charge in [0, 0.05) is 11.6 Å². The highest BCUT2D eigenvalue weighted by atomic mass is 35.5. The molecular formula is C19H30ClN3O3S. The fraction of sp³-hybridized carbons (Fsp3) is 0.632. The van der Waals surface area contributed by atoms with E-state index in [2.05, 4.69) is 14.9 Å². The van der Waals surface area contributed by atoms with Crippen LogP contribution < -0.4 is 10.0 Å². The van der Waals surface area contributed by atoms with Gasteiger partial charge in [0.2, 0.25) is 15.9 Å². The van der Waals surface area contributed by atoms with Gasteiger partial charge in [-0.05, 0) is 69.1 Å². The number of halogens is 1. The van der Waals surface area contributed by atoms with Crippen LogP contribution in [0.2, 0.25) is 5.02 Å². The van der Waals surface area contributed by atoms with Crippen LogP contribution in [0.25, 0.3) is 0 Å². The Kier molecular flexibility index (Phi) is 8.54. The summed E-state index contributed by atoms with van der Waals surface area (Å²) in [6.45, 7) is 7.40. The zero-order chi connectivity index (χ0) is 19.9. The van der Waals surface area contributed by atoms with Crippen molar-refractivity contribution in [3.63, 3.8) is 0 Å². The minimum atomic E-state index is -3.79. The minimum absolute atomic E-state index is 0.0930. The summed E-state index contributed by atoms with van der Waals surface area (Å²) in [7, 11) is -3.79. The Morgan fingerprint density at radius 1 is 1.15 bits per heavy atom. The standard InChI is InChI=1S/C19H30ClN3O3S/c1-15(2)18(22-27(25,26)17-9-7-16(20)8-10-17)19(24)21-11-6-14-23-12-4-3-5-13-23/h7-10,15,18,22H,3-6,11-14H2,1-2H3,(H,21,24). The van der Waals surface area contributed by atoms with Crippen molar-refractivity contribution < 1.29 is 13.2 Å². The molecule has 1 aromatic carbocycles. The van der Waals surface area contributed by atoms with E-state index in [1.54, 1.807) is 0 Å². The first kappa shape index (κ1) is 22.1. The van der Waals surface area contributed by atoms with Gasteiger partial charge in [-0.25, -0.2) is 8.42 Å². The summed E-state index contributed by atoms with van der Waals surface area (Å²) < 4.78 is 27.6. The smallest absolute Gasteiger partial charge is 0.241 e. The lowest BCUT2D eigenvalue weighted by atomic mass is 10.1. The van der Waals surface area contributed by atoms with E-state index in [0.29, 0.717) is 11.6 Å². The molecule has 2 rings (SSSR count). The lowest BCUT2D eigenvalue weighted by molar-refractivity contribution is -0.123. The second-order valence-corrected chi connectivity index (χ2v) is 9.49. The van der Waals surface area contributed by atoms with Gasteiger partial charge in [-0.3, -0.25) is 4.79 Å². The first-order valence-electron chi connectivity index (χ1n) is 9.57. The highest BCUT2D eigenvalue weighted by molar-refractivity contribution is 7.89. The van der Waals surface area contributed by atoms with E-state index in [9.17, 15) is 13.2 Å². The summed E-state index contributed by atoms with van der Waals surface area (Å²) in [6, 6.07) is 5.07. The molecule has 0 bridgehead atoms. The average Bonchev–Trinajstić information content (AvgIpc) is 2.64. The Hall–Kier alpha value is -1.15. The average molecular weight is 416 g/mol. The number of hydrogen-bond acceptors (Lipinski definition) is 4. The van der Waals surface area contributed by atoms with E-state index in [0.717, 1.165) is 26.1 Å². The van der Waals surface area contributed by atoms with Gasteiger partial charge in [-0.2, -0.15) is 4.72 Å². The summed E-state index contributed by atoms with van der Waals surface area (Å²) in [5.41, 5.74) is 0. The molecule has 1 amide bonds. The van der Waals surface area contributed by atoms with Crippen LogP contribution in [-0.2, 0) is 14.8 Å². The summed E-state index contributed by atoms with van der Waals surface area (Å²) in [5, 5.41) is 3.33. The number of nitrogens with one attached hydrogen (secondary N) is 2. The fourth-order valence-electron chi connectivity index (χ4n) is 3.15. The fourth-order valence-corrected chi connectivity index (χ4v) is 4.62. The number of rotatable bonds is 9. The molecule has 1 fully saturated rings. The van der Waals surface area contributed by atoms with Crippen LogP contribution in [0.15, 0.2) is 29.2 Å². The van der Waals surface area contributed by atoms with Gasteiger partial charge in [0.25, 0.3) is 0 Å². The van der Waals surface area contributed by atoms with Gasteiger partial charge >= 0.3 is 0 Å². The van der Waals surface area contributed by atoms with Crippen molar-refractivity contribution in [2.24, 2.45) is 5.92 Å². The number of benzene rings is 1. The van der Waals surface area contributed by atoms with Crippen molar-refractivity contribution in [2.45, 2.75) is 50.5 Å². The molecule has 2 N–H and O–H groups in total. The zero-order valence-corrected chi connectivity index (χ0v) is 17.7. The molecule has 27 heavy (non-hydrogen) atoms. The van der Waals surface area contributed by atoms with Crippen LogP contribution in [0, 0.1) is 5.92 Å². The van der Waals surface area contributed by atoms with E-state index in [1.165, 1.54) is 43.5 Å². The highest BCUT2D eigenvalue weighted by Gasteiger charge is 2.28. The lowest BCUT2D eigenvalue weighted by Gasteiger charge is -2.26. The number of hydrogen-bond donors (Lipinski definition) is 2. The van der Waals surface area contributed by atoms with Gasteiger partial charge in [0.15, 0.2) is 0 Å². The maximum atomic E-state index is 12.6. The van der Waals surface area contributed by atoms with Gasteiger partial charge < -0.3 is 10.2 Å². The van der Waals surface area contributed by atoms with Crippen LogP contribution in [-0.4, -0.2) is 51.4 Å². The molecule has 1 unspecified atom stereocenters. The van der Waals surface area contributed by atoms with Gasteiger partial charge in [0.05, 0.1) is 4.90 Å². The van der Waals surface area contributed by atoms with Crippen molar-refractivity contribution in [1.82, 2.24) is 14.9 Å². The van der Waals surface area contributed by atoms with Crippen LogP contribution >= 0.6 is 11.6 Å². The maximum absolute atomic E-state index is 12.6. The number of amides is 1.